The third kappa shape index (κ3) is 2.40. The molecule has 0 spiro atoms. The fourth-order valence-corrected chi connectivity index (χ4v) is 3.34. The van der Waals surface area contributed by atoms with Crippen molar-refractivity contribution in [2.75, 3.05) is 0 Å². The Morgan fingerprint density at radius 2 is 1.91 bits per heavy atom. The van der Waals surface area contributed by atoms with Gasteiger partial charge in [-0.15, -0.1) is 0 Å². The second-order valence-electron chi connectivity index (χ2n) is 6.45. The number of rotatable bonds is 3. The van der Waals surface area contributed by atoms with Crippen LogP contribution in [0.25, 0.3) is 22.2 Å². The van der Waals surface area contributed by atoms with E-state index in [-0.39, 0.29) is 11.8 Å². The smallest absolute Gasteiger partial charge is 0.307 e. The maximum atomic E-state index is 11.1. The van der Waals surface area contributed by atoms with E-state index >= 15 is 0 Å². The van der Waals surface area contributed by atoms with Gasteiger partial charge in [-0.1, -0.05) is 28.4 Å². The number of carboxylic acid groups (broad SMARTS) is 1. The van der Waals surface area contributed by atoms with Crippen molar-refractivity contribution in [2.24, 2.45) is 5.92 Å². The average Bonchev–Trinajstić information content (AvgIpc) is 3.19. The zero-order valence-corrected chi connectivity index (χ0v) is 13.0. The van der Waals surface area contributed by atoms with Crippen molar-refractivity contribution in [3.8, 4) is 11.3 Å². The number of nitrogens with zero attached hydrogens (tertiary/aromatic N) is 1. The van der Waals surface area contributed by atoms with Crippen LogP contribution in [0.1, 0.15) is 29.0 Å². The van der Waals surface area contributed by atoms with Crippen LogP contribution in [-0.4, -0.2) is 16.2 Å². The first-order chi connectivity index (χ1) is 11.0. The highest BCUT2D eigenvalue weighted by Gasteiger charge is 2.44. The van der Waals surface area contributed by atoms with E-state index in [4.69, 9.17) is 9.63 Å². The Balaban J connectivity index is 1.80. The molecule has 1 aromatic heterocycles. The number of aromatic nitrogens is 1. The lowest BCUT2D eigenvalue weighted by Crippen LogP contribution is -1.98. The highest BCUT2D eigenvalue weighted by atomic mass is 16.5. The first-order valence-corrected chi connectivity index (χ1v) is 7.74. The van der Waals surface area contributed by atoms with Crippen molar-refractivity contribution in [3.05, 3.63) is 53.1 Å². The second kappa shape index (κ2) is 4.95. The molecule has 23 heavy (non-hydrogen) atoms. The zero-order chi connectivity index (χ0) is 16.1. The summed E-state index contributed by atoms with van der Waals surface area (Å²) in [7, 11) is 0. The third-order valence-electron chi connectivity index (χ3n) is 4.52. The molecule has 1 heterocycles. The summed E-state index contributed by atoms with van der Waals surface area (Å²) in [6.07, 6.45) is 0.713. The quantitative estimate of drug-likeness (QED) is 0.783. The van der Waals surface area contributed by atoms with Crippen LogP contribution in [0.2, 0.25) is 0 Å². The molecule has 4 nitrogen and oxygen atoms in total. The minimum Gasteiger partial charge on any atom is -0.481 e. The summed E-state index contributed by atoms with van der Waals surface area (Å²) in [6, 6.07) is 12.2. The van der Waals surface area contributed by atoms with E-state index in [2.05, 4.69) is 37.2 Å². The molecule has 0 unspecified atom stereocenters. The predicted molar refractivity (Wildman–Crippen MR) is 87.4 cm³/mol. The van der Waals surface area contributed by atoms with E-state index in [1.54, 1.807) is 0 Å². The summed E-state index contributed by atoms with van der Waals surface area (Å²) in [6.45, 7) is 4.12. The van der Waals surface area contributed by atoms with Crippen LogP contribution in [0.3, 0.4) is 0 Å². The number of hydrogen-bond acceptors (Lipinski definition) is 3. The van der Waals surface area contributed by atoms with E-state index in [0.29, 0.717) is 6.42 Å². The van der Waals surface area contributed by atoms with Crippen molar-refractivity contribution in [3.63, 3.8) is 0 Å². The van der Waals surface area contributed by atoms with Gasteiger partial charge in [-0.25, -0.2) is 0 Å². The molecule has 1 aliphatic rings. The highest BCUT2D eigenvalue weighted by molar-refractivity contribution is 5.92. The molecule has 0 aliphatic heterocycles. The highest BCUT2D eigenvalue weighted by Crippen LogP contribution is 2.48. The van der Waals surface area contributed by atoms with Gasteiger partial charge in [-0.2, -0.15) is 0 Å². The molecule has 0 bridgehead atoms. The number of hydrogen-bond donors (Lipinski definition) is 1. The number of aryl methyl sites for hydroxylation is 2. The Morgan fingerprint density at radius 1 is 1.17 bits per heavy atom. The minimum absolute atomic E-state index is 0.110. The van der Waals surface area contributed by atoms with Gasteiger partial charge >= 0.3 is 5.97 Å². The topological polar surface area (TPSA) is 63.3 Å². The number of carbonyl (C=O) groups is 1. The van der Waals surface area contributed by atoms with Gasteiger partial charge in [-0.05, 0) is 56.0 Å². The van der Waals surface area contributed by atoms with Crippen molar-refractivity contribution in [1.29, 1.82) is 0 Å². The molecule has 0 saturated heterocycles. The number of aliphatic carboxylic acids is 1. The number of fused-ring (bicyclic) bond motifs is 1. The van der Waals surface area contributed by atoms with E-state index in [1.807, 2.05) is 18.2 Å². The van der Waals surface area contributed by atoms with Crippen molar-refractivity contribution < 1.29 is 14.4 Å². The van der Waals surface area contributed by atoms with Crippen molar-refractivity contribution in [1.82, 2.24) is 5.16 Å². The molecule has 2 aromatic carbocycles. The molecule has 116 valence electrons. The van der Waals surface area contributed by atoms with Crippen LogP contribution in [0.4, 0.5) is 0 Å². The molecule has 3 aromatic rings. The van der Waals surface area contributed by atoms with Crippen molar-refractivity contribution >= 4 is 16.9 Å². The Bertz CT molecular complexity index is 905. The van der Waals surface area contributed by atoms with E-state index in [1.165, 1.54) is 11.1 Å². The lowest BCUT2D eigenvalue weighted by atomic mass is 10.0. The molecule has 1 saturated carbocycles. The van der Waals surface area contributed by atoms with Crippen LogP contribution >= 0.6 is 0 Å². The van der Waals surface area contributed by atoms with Gasteiger partial charge < -0.3 is 9.63 Å². The standard InChI is InChI=1S/C19H17NO3/c1-10-5-11(2)7-13(6-10)18-16-8-12(3-4-17(16)20-23-18)14-9-15(14)19(21)22/h3-8,14-15H,9H2,1-2H3,(H,21,22)/t14-,15+/m0/s1. The molecular formula is C19H17NO3. The first kappa shape index (κ1) is 14.0. The maximum absolute atomic E-state index is 11.1. The second-order valence-corrected chi connectivity index (χ2v) is 6.45. The van der Waals surface area contributed by atoms with E-state index in [9.17, 15) is 4.79 Å². The Morgan fingerprint density at radius 3 is 2.57 bits per heavy atom. The van der Waals surface area contributed by atoms with Gasteiger partial charge in [0.25, 0.3) is 0 Å². The van der Waals surface area contributed by atoms with Gasteiger partial charge in [0.05, 0.1) is 5.92 Å². The van der Waals surface area contributed by atoms with Gasteiger partial charge in [0.2, 0.25) is 0 Å². The molecule has 4 rings (SSSR count). The molecule has 4 heteroatoms. The van der Waals surface area contributed by atoms with Crippen molar-refractivity contribution in [2.45, 2.75) is 26.2 Å². The monoisotopic (exact) mass is 307 g/mol. The van der Waals surface area contributed by atoms with E-state index < -0.39 is 5.97 Å². The third-order valence-corrected chi connectivity index (χ3v) is 4.52. The average molecular weight is 307 g/mol. The summed E-state index contributed by atoms with van der Waals surface area (Å²) >= 11 is 0. The zero-order valence-electron chi connectivity index (χ0n) is 13.0. The molecular weight excluding hydrogens is 290 g/mol. The molecule has 0 amide bonds. The summed E-state index contributed by atoms with van der Waals surface area (Å²) in [4.78, 5) is 11.1. The van der Waals surface area contributed by atoms with Gasteiger partial charge in [-0.3, -0.25) is 4.79 Å². The van der Waals surface area contributed by atoms with Crippen LogP contribution in [0.5, 0.6) is 0 Å². The molecule has 0 radical (unpaired) electrons. The predicted octanol–water partition coefficient (Wildman–Crippen LogP) is 4.30. The Kier molecular flexibility index (Phi) is 3.01. The van der Waals surface area contributed by atoms with E-state index in [0.717, 1.165) is 27.8 Å². The number of benzene rings is 2. The molecule has 2 atom stereocenters. The van der Waals surface area contributed by atoms with Gasteiger partial charge in [0.1, 0.15) is 5.52 Å². The first-order valence-electron chi connectivity index (χ1n) is 7.74. The largest absolute Gasteiger partial charge is 0.481 e. The molecule has 1 N–H and O–H groups in total. The lowest BCUT2D eigenvalue weighted by Gasteiger charge is -2.03. The normalized spacial score (nSPS) is 19.9. The summed E-state index contributed by atoms with van der Waals surface area (Å²) < 4.78 is 5.57. The van der Waals surface area contributed by atoms with Crippen LogP contribution in [-0.2, 0) is 4.79 Å². The van der Waals surface area contributed by atoms with Crippen LogP contribution < -0.4 is 0 Å². The van der Waals surface area contributed by atoms with Crippen LogP contribution in [0, 0.1) is 19.8 Å². The Labute approximate surface area is 133 Å². The fraction of sp³-hybridized carbons (Fsp3) is 0.263. The van der Waals surface area contributed by atoms with Crippen LogP contribution in [0.15, 0.2) is 40.9 Å². The minimum atomic E-state index is -0.713. The fourth-order valence-electron chi connectivity index (χ4n) is 3.34. The van der Waals surface area contributed by atoms with Gasteiger partial charge in [0, 0.05) is 10.9 Å². The van der Waals surface area contributed by atoms with Gasteiger partial charge in [0.15, 0.2) is 5.76 Å². The number of carboxylic acids is 1. The molecule has 1 aliphatic carbocycles. The SMILES string of the molecule is Cc1cc(C)cc(-c2onc3ccc([C@@H]4C[C@H]4C(=O)O)cc23)c1. The lowest BCUT2D eigenvalue weighted by molar-refractivity contribution is -0.138. The maximum Gasteiger partial charge on any atom is 0.307 e. The molecule has 1 fully saturated rings. The summed E-state index contributed by atoms with van der Waals surface area (Å²) in [5.41, 5.74) is 5.21. The Hall–Kier alpha value is -2.62. The summed E-state index contributed by atoms with van der Waals surface area (Å²) in [5.74, 6) is -0.105. The summed E-state index contributed by atoms with van der Waals surface area (Å²) in [5, 5.41) is 14.2.